The number of amides is 3. The first-order valence-electron chi connectivity index (χ1n) is 7.75. The molecule has 0 unspecified atom stereocenters. The number of aromatic nitrogens is 1. The normalized spacial score (nSPS) is 10.1. The minimum Gasteiger partial charge on any atom is -0.452 e. The highest BCUT2D eigenvalue weighted by Gasteiger charge is 2.16. The number of urea groups is 1. The molecule has 0 fully saturated rings. The SMILES string of the molecule is CSc1ncccc1C(=O)OCC(=O)NC(=O)Nc1ccc(C)cc1C. The van der Waals surface area contributed by atoms with Gasteiger partial charge in [-0.2, -0.15) is 0 Å². The van der Waals surface area contributed by atoms with Crippen molar-refractivity contribution < 1.29 is 19.1 Å². The largest absolute Gasteiger partial charge is 0.452 e. The van der Waals surface area contributed by atoms with Gasteiger partial charge in [-0.3, -0.25) is 10.1 Å². The molecular weight excluding hydrogens is 354 g/mol. The van der Waals surface area contributed by atoms with E-state index in [1.807, 2.05) is 26.0 Å². The lowest BCUT2D eigenvalue weighted by atomic mass is 10.1. The van der Waals surface area contributed by atoms with Gasteiger partial charge in [-0.15, -0.1) is 11.8 Å². The third-order valence-corrected chi connectivity index (χ3v) is 4.11. The van der Waals surface area contributed by atoms with E-state index < -0.39 is 24.5 Å². The zero-order valence-electron chi connectivity index (χ0n) is 14.7. The molecule has 0 saturated carbocycles. The Kier molecular flexibility index (Phi) is 6.74. The van der Waals surface area contributed by atoms with E-state index in [4.69, 9.17) is 4.74 Å². The van der Waals surface area contributed by atoms with Gasteiger partial charge >= 0.3 is 12.0 Å². The van der Waals surface area contributed by atoms with Crippen LogP contribution in [0.4, 0.5) is 10.5 Å². The molecule has 0 aliphatic rings. The van der Waals surface area contributed by atoms with Crippen LogP contribution in [-0.4, -0.2) is 35.8 Å². The van der Waals surface area contributed by atoms with Crippen molar-refractivity contribution in [1.29, 1.82) is 0 Å². The lowest BCUT2D eigenvalue weighted by Gasteiger charge is -2.10. The Morgan fingerprint density at radius 2 is 1.96 bits per heavy atom. The van der Waals surface area contributed by atoms with Crippen molar-refractivity contribution in [3.05, 3.63) is 53.2 Å². The average molecular weight is 373 g/mol. The fourth-order valence-corrected chi connectivity index (χ4v) is 2.73. The maximum absolute atomic E-state index is 12.0. The Labute approximate surface area is 155 Å². The van der Waals surface area contributed by atoms with Gasteiger partial charge in [-0.25, -0.2) is 14.6 Å². The smallest absolute Gasteiger partial charge is 0.341 e. The van der Waals surface area contributed by atoms with E-state index in [0.29, 0.717) is 10.7 Å². The summed E-state index contributed by atoms with van der Waals surface area (Å²) in [4.78, 5) is 39.8. The summed E-state index contributed by atoms with van der Waals surface area (Å²) in [6.45, 7) is 3.23. The molecule has 0 saturated heterocycles. The molecule has 0 radical (unpaired) electrons. The van der Waals surface area contributed by atoms with Crippen molar-refractivity contribution >= 4 is 35.4 Å². The number of nitrogens with one attached hydrogen (secondary N) is 2. The Morgan fingerprint density at radius 1 is 1.19 bits per heavy atom. The zero-order valence-corrected chi connectivity index (χ0v) is 15.5. The first-order chi connectivity index (χ1) is 12.4. The van der Waals surface area contributed by atoms with Crippen LogP contribution in [0.15, 0.2) is 41.6 Å². The van der Waals surface area contributed by atoms with Gasteiger partial charge < -0.3 is 10.1 Å². The van der Waals surface area contributed by atoms with Crippen LogP contribution in [0.2, 0.25) is 0 Å². The minimum atomic E-state index is -0.727. The van der Waals surface area contributed by atoms with Crippen molar-refractivity contribution in [2.45, 2.75) is 18.9 Å². The number of thioether (sulfide) groups is 1. The molecular formula is C18H19N3O4S. The number of carbonyl (C=O) groups is 3. The molecule has 1 heterocycles. The standard InChI is InChI=1S/C18H19N3O4S/c1-11-6-7-14(12(2)9-11)20-18(24)21-15(22)10-25-17(23)13-5-4-8-19-16(13)26-3/h4-9H,10H2,1-3H3,(H2,20,21,22,24). The van der Waals surface area contributed by atoms with Gasteiger partial charge in [-0.05, 0) is 43.9 Å². The fourth-order valence-electron chi connectivity index (χ4n) is 2.19. The maximum Gasteiger partial charge on any atom is 0.341 e. The molecule has 0 aliphatic heterocycles. The number of pyridine rings is 1. The van der Waals surface area contributed by atoms with Crippen LogP contribution >= 0.6 is 11.8 Å². The predicted octanol–water partition coefficient (Wildman–Crippen LogP) is 2.93. The van der Waals surface area contributed by atoms with Crippen LogP contribution in [0, 0.1) is 13.8 Å². The number of aryl methyl sites for hydroxylation is 2. The van der Waals surface area contributed by atoms with E-state index in [1.54, 1.807) is 30.7 Å². The van der Waals surface area contributed by atoms with Crippen LogP contribution in [0.1, 0.15) is 21.5 Å². The van der Waals surface area contributed by atoms with E-state index in [2.05, 4.69) is 15.6 Å². The van der Waals surface area contributed by atoms with Crippen LogP contribution in [-0.2, 0) is 9.53 Å². The number of nitrogens with zero attached hydrogens (tertiary/aromatic N) is 1. The van der Waals surface area contributed by atoms with Crippen molar-refractivity contribution in [1.82, 2.24) is 10.3 Å². The van der Waals surface area contributed by atoms with Gasteiger partial charge in [0.1, 0.15) is 5.03 Å². The number of hydrogen-bond acceptors (Lipinski definition) is 6. The molecule has 136 valence electrons. The number of esters is 1. The Bertz CT molecular complexity index is 839. The predicted molar refractivity (Wildman–Crippen MR) is 99.4 cm³/mol. The topological polar surface area (TPSA) is 97.4 Å². The molecule has 2 N–H and O–H groups in total. The minimum absolute atomic E-state index is 0.271. The molecule has 2 aromatic rings. The third kappa shape index (κ3) is 5.32. The average Bonchev–Trinajstić information content (AvgIpc) is 2.62. The molecule has 26 heavy (non-hydrogen) atoms. The highest BCUT2D eigenvalue weighted by Crippen LogP contribution is 2.17. The summed E-state index contributed by atoms with van der Waals surface area (Å²) in [5, 5.41) is 5.20. The van der Waals surface area contributed by atoms with E-state index >= 15 is 0 Å². The van der Waals surface area contributed by atoms with Gasteiger partial charge in [-0.1, -0.05) is 17.7 Å². The van der Waals surface area contributed by atoms with Gasteiger partial charge in [0.05, 0.1) is 5.56 Å². The molecule has 2 rings (SSSR count). The summed E-state index contributed by atoms with van der Waals surface area (Å²) < 4.78 is 4.94. The Balaban J connectivity index is 1.86. The van der Waals surface area contributed by atoms with Crippen molar-refractivity contribution in [3.63, 3.8) is 0 Å². The van der Waals surface area contributed by atoms with E-state index in [-0.39, 0.29) is 5.56 Å². The second-order valence-corrected chi connectivity index (χ2v) is 6.25. The molecule has 1 aromatic heterocycles. The van der Waals surface area contributed by atoms with Gasteiger partial charge in [0, 0.05) is 11.9 Å². The molecule has 0 bridgehead atoms. The second-order valence-electron chi connectivity index (χ2n) is 5.46. The number of carbonyl (C=O) groups excluding carboxylic acids is 3. The van der Waals surface area contributed by atoms with E-state index in [9.17, 15) is 14.4 Å². The second kappa shape index (κ2) is 9.00. The molecule has 1 aromatic carbocycles. The Morgan fingerprint density at radius 3 is 2.65 bits per heavy atom. The lowest BCUT2D eigenvalue weighted by Crippen LogP contribution is -2.37. The summed E-state index contributed by atoms with van der Waals surface area (Å²) in [5.41, 5.74) is 2.81. The molecule has 8 heteroatoms. The quantitative estimate of drug-likeness (QED) is 0.618. The number of hydrogen-bond donors (Lipinski definition) is 2. The number of benzene rings is 1. The molecule has 0 atom stereocenters. The lowest BCUT2D eigenvalue weighted by molar-refractivity contribution is -0.123. The van der Waals surface area contributed by atoms with Crippen molar-refractivity contribution in [2.24, 2.45) is 0 Å². The van der Waals surface area contributed by atoms with Gasteiger partial charge in [0.15, 0.2) is 6.61 Å². The summed E-state index contributed by atoms with van der Waals surface area (Å²) in [5.74, 6) is -1.40. The summed E-state index contributed by atoms with van der Waals surface area (Å²) in [6.07, 6.45) is 3.34. The summed E-state index contributed by atoms with van der Waals surface area (Å²) >= 11 is 1.30. The Hall–Kier alpha value is -2.87. The van der Waals surface area contributed by atoms with Gasteiger partial charge in [0.25, 0.3) is 5.91 Å². The van der Waals surface area contributed by atoms with Crippen molar-refractivity contribution in [2.75, 3.05) is 18.2 Å². The molecule has 7 nitrogen and oxygen atoms in total. The van der Waals surface area contributed by atoms with Crippen LogP contribution < -0.4 is 10.6 Å². The monoisotopic (exact) mass is 373 g/mol. The number of rotatable bonds is 5. The van der Waals surface area contributed by atoms with Crippen LogP contribution in [0.5, 0.6) is 0 Å². The molecule has 3 amide bonds. The number of ether oxygens (including phenoxy) is 1. The summed E-state index contributed by atoms with van der Waals surface area (Å²) in [6, 6.07) is 7.99. The summed E-state index contributed by atoms with van der Waals surface area (Å²) in [7, 11) is 0. The molecule has 0 spiro atoms. The fraction of sp³-hybridized carbons (Fsp3) is 0.222. The first kappa shape index (κ1) is 19.5. The highest BCUT2D eigenvalue weighted by atomic mass is 32.2. The van der Waals surface area contributed by atoms with E-state index in [0.717, 1.165) is 11.1 Å². The van der Waals surface area contributed by atoms with Gasteiger partial charge in [0.2, 0.25) is 0 Å². The third-order valence-electron chi connectivity index (χ3n) is 3.40. The zero-order chi connectivity index (χ0) is 19.1. The first-order valence-corrected chi connectivity index (χ1v) is 8.97. The van der Waals surface area contributed by atoms with Crippen molar-refractivity contribution in [3.8, 4) is 0 Å². The van der Waals surface area contributed by atoms with E-state index in [1.165, 1.54) is 11.8 Å². The highest BCUT2D eigenvalue weighted by molar-refractivity contribution is 7.98. The molecule has 0 aliphatic carbocycles. The van der Waals surface area contributed by atoms with Crippen LogP contribution in [0.25, 0.3) is 0 Å². The van der Waals surface area contributed by atoms with Crippen LogP contribution in [0.3, 0.4) is 0 Å². The maximum atomic E-state index is 12.0. The number of imide groups is 1. The number of anilines is 1.